The number of hydrogen-bond acceptors (Lipinski definition) is 3. The lowest BCUT2D eigenvalue weighted by Crippen LogP contribution is -2.04. The van der Waals surface area contributed by atoms with Crippen LogP contribution in [0.5, 0.6) is 0 Å². The minimum absolute atomic E-state index is 0.400. The molecule has 0 saturated heterocycles. The van der Waals surface area contributed by atoms with Crippen molar-refractivity contribution in [1.82, 2.24) is 9.97 Å². The SMILES string of the molecule is CCc1cc(NC)nc(C2CC2(C)C)n1. The fourth-order valence-corrected chi connectivity index (χ4v) is 1.89. The van der Waals surface area contributed by atoms with Crippen molar-refractivity contribution in [1.29, 1.82) is 0 Å². The first-order valence-corrected chi connectivity index (χ1v) is 5.62. The predicted molar refractivity (Wildman–Crippen MR) is 62.1 cm³/mol. The molecule has 1 aliphatic carbocycles. The van der Waals surface area contributed by atoms with Crippen LogP contribution in [0.15, 0.2) is 6.07 Å². The van der Waals surface area contributed by atoms with Crippen LogP contribution < -0.4 is 5.32 Å². The fraction of sp³-hybridized carbons (Fsp3) is 0.667. The second-order valence-corrected chi connectivity index (χ2v) is 4.95. The highest BCUT2D eigenvalue weighted by molar-refractivity contribution is 5.36. The second-order valence-electron chi connectivity index (χ2n) is 4.95. The van der Waals surface area contributed by atoms with Gasteiger partial charge in [-0.1, -0.05) is 20.8 Å². The van der Waals surface area contributed by atoms with Crippen molar-refractivity contribution < 1.29 is 0 Å². The first kappa shape index (κ1) is 10.4. The monoisotopic (exact) mass is 205 g/mol. The summed E-state index contributed by atoms with van der Waals surface area (Å²) in [5.41, 5.74) is 1.53. The molecule has 0 spiro atoms. The van der Waals surface area contributed by atoms with Crippen LogP contribution in [0, 0.1) is 5.41 Å². The number of aryl methyl sites for hydroxylation is 1. The molecule has 1 saturated carbocycles. The van der Waals surface area contributed by atoms with Gasteiger partial charge in [-0.2, -0.15) is 0 Å². The first-order chi connectivity index (χ1) is 7.06. The minimum Gasteiger partial charge on any atom is -0.373 e. The Hall–Kier alpha value is -1.12. The van der Waals surface area contributed by atoms with E-state index in [0.29, 0.717) is 11.3 Å². The van der Waals surface area contributed by atoms with Gasteiger partial charge < -0.3 is 5.32 Å². The molecule has 82 valence electrons. The first-order valence-electron chi connectivity index (χ1n) is 5.62. The van der Waals surface area contributed by atoms with Crippen LogP contribution in [0.1, 0.15) is 44.6 Å². The Labute approximate surface area is 91.3 Å². The van der Waals surface area contributed by atoms with Crippen molar-refractivity contribution in [3.8, 4) is 0 Å². The van der Waals surface area contributed by atoms with Crippen molar-refractivity contribution in [2.24, 2.45) is 5.41 Å². The fourth-order valence-electron chi connectivity index (χ4n) is 1.89. The molecule has 1 fully saturated rings. The third-order valence-corrected chi connectivity index (χ3v) is 3.24. The molecule has 0 aromatic carbocycles. The Morgan fingerprint density at radius 3 is 2.60 bits per heavy atom. The molecule has 3 heteroatoms. The molecule has 1 unspecified atom stereocenters. The maximum atomic E-state index is 4.61. The van der Waals surface area contributed by atoms with E-state index in [4.69, 9.17) is 0 Å². The summed E-state index contributed by atoms with van der Waals surface area (Å²) in [7, 11) is 1.91. The lowest BCUT2D eigenvalue weighted by molar-refractivity contribution is 0.607. The Balaban J connectivity index is 2.31. The van der Waals surface area contributed by atoms with Crippen molar-refractivity contribution >= 4 is 5.82 Å². The summed E-state index contributed by atoms with van der Waals surface area (Å²) in [5, 5.41) is 3.10. The van der Waals surface area contributed by atoms with Gasteiger partial charge in [0.1, 0.15) is 11.6 Å². The van der Waals surface area contributed by atoms with E-state index in [-0.39, 0.29) is 0 Å². The summed E-state index contributed by atoms with van der Waals surface area (Å²) in [6, 6.07) is 2.03. The van der Waals surface area contributed by atoms with Gasteiger partial charge >= 0.3 is 0 Å². The summed E-state index contributed by atoms with van der Waals surface area (Å²) < 4.78 is 0. The highest BCUT2D eigenvalue weighted by Gasteiger charge is 2.48. The van der Waals surface area contributed by atoms with E-state index in [1.165, 1.54) is 6.42 Å². The van der Waals surface area contributed by atoms with Crippen molar-refractivity contribution in [3.63, 3.8) is 0 Å². The smallest absolute Gasteiger partial charge is 0.134 e. The number of hydrogen-bond donors (Lipinski definition) is 1. The average molecular weight is 205 g/mol. The zero-order valence-corrected chi connectivity index (χ0v) is 9.96. The van der Waals surface area contributed by atoms with E-state index < -0.39 is 0 Å². The van der Waals surface area contributed by atoms with E-state index >= 15 is 0 Å². The molecule has 1 aliphatic rings. The van der Waals surface area contributed by atoms with Gasteiger partial charge in [0.15, 0.2) is 0 Å². The molecule has 1 N–H and O–H groups in total. The predicted octanol–water partition coefficient (Wildman–Crippen LogP) is 2.59. The van der Waals surface area contributed by atoms with Crippen LogP contribution >= 0.6 is 0 Å². The zero-order valence-electron chi connectivity index (χ0n) is 9.96. The van der Waals surface area contributed by atoms with Gasteiger partial charge in [0.05, 0.1) is 0 Å². The van der Waals surface area contributed by atoms with Gasteiger partial charge in [0.25, 0.3) is 0 Å². The Kier molecular flexibility index (Phi) is 2.41. The van der Waals surface area contributed by atoms with Gasteiger partial charge in [-0.05, 0) is 18.3 Å². The van der Waals surface area contributed by atoms with E-state index in [2.05, 4.69) is 36.1 Å². The number of rotatable bonds is 3. The minimum atomic E-state index is 0.400. The summed E-state index contributed by atoms with van der Waals surface area (Å²) in [4.78, 5) is 9.14. The molecule has 0 bridgehead atoms. The van der Waals surface area contributed by atoms with E-state index in [1.807, 2.05) is 13.1 Å². The maximum absolute atomic E-state index is 4.61. The molecule has 15 heavy (non-hydrogen) atoms. The van der Waals surface area contributed by atoms with Crippen LogP contribution in [-0.4, -0.2) is 17.0 Å². The van der Waals surface area contributed by atoms with Crippen molar-refractivity contribution in [2.75, 3.05) is 12.4 Å². The quantitative estimate of drug-likeness (QED) is 0.824. The largest absolute Gasteiger partial charge is 0.373 e. The molecule has 0 aliphatic heterocycles. The molecule has 3 nitrogen and oxygen atoms in total. The third kappa shape index (κ3) is 1.96. The van der Waals surface area contributed by atoms with Crippen LogP contribution in [0.25, 0.3) is 0 Å². The lowest BCUT2D eigenvalue weighted by atomic mass is 10.1. The summed E-state index contributed by atoms with van der Waals surface area (Å²) in [5.74, 6) is 2.51. The van der Waals surface area contributed by atoms with E-state index in [0.717, 1.165) is 23.8 Å². The van der Waals surface area contributed by atoms with Crippen molar-refractivity contribution in [3.05, 3.63) is 17.6 Å². The topological polar surface area (TPSA) is 37.8 Å². The standard InChI is InChI=1S/C12H19N3/c1-5-8-6-10(13-4)15-11(14-8)9-7-12(9,2)3/h6,9H,5,7H2,1-4H3,(H,13,14,15). The van der Waals surface area contributed by atoms with Gasteiger partial charge in [0, 0.05) is 24.7 Å². The molecule has 2 rings (SSSR count). The number of nitrogens with zero attached hydrogens (tertiary/aromatic N) is 2. The third-order valence-electron chi connectivity index (χ3n) is 3.24. The van der Waals surface area contributed by atoms with E-state index in [1.54, 1.807) is 0 Å². The molecule has 1 atom stereocenters. The van der Waals surface area contributed by atoms with E-state index in [9.17, 15) is 0 Å². The normalized spacial score (nSPS) is 22.5. The number of anilines is 1. The van der Waals surface area contributed by atoms with Crippen LogP contribution in [-0.2, 0) is 6.42 Å². The van der Waals surface area contributed by atoms with Gasteiger partial charge in [-0.25, -0.2) is 9.97 Å². The van der Waals surface area contributed by atoms with Crippen LogP contribution in [0.4, 0.5) is 5.82 Å². The lowest BCUT2D eigenvalue weighted by Gasteiger charge is -2.07. The molecule has 1 aromatic rings. The van der Waals surface area contributed by atoms with Crippen LogP contribution in [0.2, 0.25) is 0 Å². The highest BCUT2D eigenvalue weighted by Crippen LogP contribution is 2.57. The zero-order chi connectivity index (χ0) is 11.1. The van der Waals surface area contributed by atoms with Gasteiger partial charge in [0.2, 0.25) is 0 Å². The molecule has 0 amide bonds. The average Bonchev–Trinajstić information content (AvgIpc) is 2.87. The van der Waals surface area contributed by atoms with Crippen LogP contribution in [0.3, 0.4) is 0 Å². The molecular weight excluding hydrogens is 186 g/mol. The molecule has 1 aromatic heterocycles. The van der Waals surface area contributed by atoms with Gasteiger partial charge in [-0.3, -0.25) is 0 Å². The second kappa shape index (κ2) is 3.47. The highest BCUT2D eigenvalue weighted by atomic mass is 15.0. The summed E-state index contributed by atoms with van der Waals surface area (Å²) >= 11 is 0. The molecule has 1 heterocycles. The maximum Gasteiger partial charge on any atom is 0.134 e. The van der Waals surface area contributed by atoms with Crippen molar-refractivity contribution in [2.45, 2.75) is 39.5 Å². The number of aromatic nitrogens is 2. The molecular formula is C12H19N3. The number of nitrogens with one attached hydrogen (secondary N) is 1. The Morgan fingerprint density at radius 2 is 2.13 bits per heavy atom. The Morgan fingerprint density at radius 1 is 1.47 bits per heavy atom. The van der Waals surface area contributed by atoms with Gasteiger partial charge in [-0.15, -0.1) is 0 Å². The molecule has 0 radical (unpaired) electrons. The summed E-state index contributed by atoms with van der Waals surface area (Å²) in [6.07, 6.45) is 2.18. The Bertz CT molecular complexity index is 349. The summed E-state index contributed by atoms with van der Waals surface area (Å²) in [6.45, 7) is 6.68.